The average Bonchev–Trinajstić information content (AvgIpc) is 2.47. The molecule has 1 aromatic carbocycles. The normalized spacial score (nSPS) is 21.8. The van der Waals surface area contributed by atoms with Crippen LogP contribution in [0.1, 0.15) is 45.1 Å². The molecule has 5 nitrogen and oxygen atoms in total. The molecule has 1 aliphatic rings. The van der Waals surface area contributed by atoms with Crippen LogP contribution in [0.25, 0.3) is 0 Å². The molecule has 2 atom stereocenters. The second-order valence-corrected chi connectivity index (χ2v) is 6.04. The van der Waals surface area contributed by atoms with Crippen molar-refractivity contribution in [2.45, 2.75) is 45.6 Å². The van der Waals surface area contributed by atoms with Crippen LogP contribution < -0.4 is 5.32 Å². The molecule has 0 radical (unpaired) electrons. The molecule has 1 aliphatic carbocycles. The predicted molar refractivity (Wildman–Crippen MR) is 82.0 cm³/mol. The van der Waals surface area contributed by atoms with Crippen molar-refractivity contribution in [2.24, 2.45) is 11.8 Å². The largest absolute Gasteiger partial charge is 0.376 e. The van der Waals surface area contributed by atoms with Crippen LogP contribution in [0.15, 0.2) is 18.2 Å². The molecule has 0 bridgehead atoms. The van der Waals surface area contributed by atoms with Crippen LogP contribution in [0.5, 0.6) is 0 Å². The van der Waals surface area contributed by atoms with Gasteiger partial charge in [0, 0.05) is 12.1 Å². The summed E-state index contributed by atoms with van der Waals surface area (Å²) in [5.74, 6) is 1.06. The fourth-order valence-electron chi connectivity index (χ4n) is 3.22. The number of nitro benzene ring substituents is 1. The third kappa shape index (κ3) is 3.52. The van der Waals surface area contributed by atoms with E-state index in [-0.39, 0.29) is 11.7 Å². The van der Waals surface area contributed by atoms with Gasteiger partial charge in [-0.25, -0.2) is 0 Å². The molecule has 0 aromatic heterocycles. The highest BCUT2D eigenvalue weighted by Gasteiger charge is 2.29. The Morgan fingerprint density at radius 3 is 2.71 bits per heavy atom. The number of nitrogens with one attached hydrogen (secondary N) is 1. The van der Waals surface area contributed by atoms with Crippen molar-refractivity contribution in [3.05, 3.63) is 33.9 Å². The summed E-state index contributed by atoms with van der Waals surface area (Å²) in [6.45, 7) is 4.40. The van der Waals surface area contributed by atoms with Gasteiger partial charge >= 0.3 is 0 Å². The maximum absolute atomic E-state index is 11.2. The van der Waals surface area contributed by atoms with E-state index in [0.29, 0.717) is 23.1 Å². The Bertz CT molecular complexity index is 563. The standard InChI is InChI=1S/C16H21N3O2/c1-11(2)13-5-3-4-6-14(13)18-15-9-12(10-17)7-8-16(15)19(20)21/h7-9,11,13-14,18H,3-6H2,1-2H3. The zero-order valence-electron chi connectivity index (χ0n) is 12.5. The first kappa shape index (κ1) is 15.3. The molecule has 0 saturated heterocycles. The number of nitro groups is 1. The zero-order chi connectivity index (χ0) is 15.4. The van der Waals surface area contributed by atoms with Crippen LogP contribution in [0.3, 0.4) is 0 Å². The van der Waals surface area contributed by atoms with E-state index >= 15 is 0 Å². The second-order valence-electron chi connectivity index (χ2n) is 6.04. The van der Waals surface area contributed by atoms with Crippen LogP contribution in [-0.4, -0.2) is 11.0 Å². The Labute approximate surface area is 125 Å². The van der Waals surface area contributed by atoms with Gasteiger partial charge in [0.25, 0.3) is 5.69 Å². The molecule has 2 rings (SSSR count). The molecule has 1 aromatic rings. The van der Waals surface area contributed by atoms with Gasteiger partial charge in [0.2, 0.25) is 0 Å². The molecule has 112 valence electrons. The molecular weight excluding hydrogens is 266 g/mol. The van der Waals surface area contributed by atoms with Crippen molar-refractivity contribution in [1.82, 2.24) is 0 Å². The van der Waals surface area contributed by atoms with Crippen molar-refractivity contribution in [1.29, 1.82) is 5.26 Å². The van der Waals surface area contributed by atoms with Crippen LogP contribution in [0, 0.1) is 33.3 Å². The maximum atomic E-state index is 11.2. The highest BCUT2D eigenvalue weighted by atomic mass is 16.6. The third-order valence-corrected chi connectivity index (χ3v) is 4.34. The predicted octanol–water partition coefficient (Wildman–Crippen LogP) is 4.09. The molecular formula is C16H21N3O2. The van der Waals surface area contributed by atoms with Crippen molar-refractivity contribution in [3.63, 3.8) is 0 Å². The van der Waals surface area contributed by atoms with E-state index in [1.54, 1.807) is 6.07 Å². The summed E-state index contributed by atoms with van der Waals surface area (Å²) in [6.07, 6.45) is 4.55. The summed E-state index contributed by atoms with van der Waals surface area (Å²) >= 11 is 0. The number of anilines is 1. The Hall–Kier alpha value is -2.09. The molecule has 0 heterocycles. The van der Waals surface area contributed by atoms with Crippen LogP contribution in [0.4, 0.5) is 11.4 Å². The first-order valence-electron chi connectivity index (χ1n) is 7.48. The number of rotatable bonds is 4. The van der Waals surface area contributed by atoms with Gasteiger partial charge in [-0.15, -0.1) is 0 Å². The van der Waals surface area contributed by atoms with Gasteiger partial charge in [0.05, 0.1) is 16.6 Å². The summed E-state index contributed by atoms with van der Waals surface area (Å²) in [5.41, 5.74) is 0.957. The minimum absolute atomic E-state index is 0.0436. The lowest BCUT2D eigenvalue weighted by atomic mass is 9.77. The quantitative estimate of drug-likeness (QED) is 0.668. The first-order chi connectivity index (χ1) is 10.0. The Balaban J connectivity index is 2.28. The van der Waals surface area contributed by atoms with Crippen LogP contribution in [0.2, 0.25) is 0 Å². The lowest BCUT2D eigenvalue weighted by Crippen LogP contribution is -2.35. The SMILES string of the molecule is CC(C)C1CCCCC1Nc1cc(C#N)ccc1[N+](=O)[O-]. The molecule has 0 amide bonds. The van der Waals surface area contributed by atoms with Crippen LogP contribution in [-0.2, 0) is 0 Å². The van der Waals surface area contributed by atoms with E-state index in [1.807, 2.05) is 6.07 Å². The van der Waals surface area contributed by atoms with E-state index in [2.05, 4.69) is 19.2 Å². The molecule has 0 spiro atoms. The molecule has 0 aliphatic heterocycles. The first-order valence-corrected chi connectivity index (χ1v) is 7.48. The van der Waals surface area contributed by atoms with Gasteiger partial charge in [-0.05, 0) is 36.8 Å². The topological polar surface area (TPSA) is 79.0 Å². The van der Waals surface area contributed by atoms with Gasteiger partial charge in [-0.2, -0.15) is 5.26 Å². The Morgan fingerprint density at radius 2 is 2.10 bits per heavy atom. The zero-order valence-corrected chi connectivity index (χ0v) is 12.5. The van der Waals surface area contributed by atoms with Crippen molar-refractivity contribution < 1.29 is 4.92 Å². The third-order valence-electron chi connectivity index (χ3n) is 4.34. The average molecular weight is 287 g/mol. The number of nitrogens with zero attached hydrogens (tertiary/aromatic N) is 2. The minimum atomic E-state index is -0.392. The van der Waals surface area contributed by atoms with Gasteiger partial charge in [0.1, 0.15) is 5.69 Å². The van der Waals surface area contributed by atoms with E-state index in [9.17, 15) is 10.1 Å². The molecule has 1 saturated carbocycles. The number of hydrogen-bond acceptors (Lipinski definition) is 4. The van der Waals surface area contributed by atoms with E-state index < -0.39 is 4.92 Å². The molecule has 2 unspecified atom stereocenters. The monoisotopic (exact) mass is 287 g/mol. The summed E-state index contributed by atoms with van der Waals surface area (Å²) in [7, 11) is 0. The lowest BCUT2D eigenvalue weighted by molar-refractivity contribution is -0.384. The summed E-state index contributed by atoms with van der Waals surface area (Å²) in [6, 6.07) is 6.77. The second kappa shape index (κ2) is 6.57. The molecule has 1 N–H and O–H groups in total. The van der Waals surface area contributed by atoms with Crippen molar-refractivity contribution in [3.8, 4) is 6.07 Å². The Morgan fingerprint density at radius 1 is 1.38 bits per heavy atom. The van der Waals surface area contributed by atoms with Crippen molar-refractivity contribution >= 4 is 11.4 Å². The number of benzene rings is 1. The van der Waals surface area contributed by atoms with E-state index in [0.717, 1.165) is 19.3 Å². The molecule has 5 heteroatoms. The van der Waals surface area contributed by atoms with Gasteiger partial charge in [-0.1, -0.05) is 26.7 Å². The van der Waals surface area contributed by atoms with Gasteiger partial charge in [-0.3, -0.25) is 10.1 Å². The van der Waals surface area contributed by atoms with E-state index in [4.69, 9.17) is 5.26 Å². The summed E-state index contributed by atoms with van der Waals surface area (Å²) in [5, 5.41) is 23.5. The fraction of sp³-hybridized carbons (Fsp3) is 0.562. The number of nitriles is 1. The number of hydrogen-bond donors (Lipinski definition) is 1. The summed E-state index contributed by atoms with van der Waals surface area (Å²) < 4.78 is 0. The molecule has 1 fully saturated rings. The van der Waals surface area contributed by atoms with Crippen LogP contribution >= 0.6 is 0 Å². The fourth-order valence-corrected chi connectivity index (χ4v) is 3.22. The van der Waals surface area contributed by atoms with Crippen molar-refractivity contribution in [2.75, 3.05) is 5.32 Å². The lowest BCUT2D eigenvalue weighted by Gasteiger charge is -2.35. The smallest absolute Gasteiger partial charge is 0.292 e. The van der Waals surface area contributed by atoms with Gasteiger partial charge < -0.3 is 5.32 Å². The Kier molecular flexibility index (Phi) is 4.79. The molecule has 21 heavy (non-hydrogen) atoms. The minimum Gasteiger partial charge on any atom is -0.376 e. The van der Waals surface area contributed by atoms with E-state index in [1.165, 1.54) is 18.6 Å². The highest BCUT2D eigenvalue weighted by Crippen LogP contribution is 2.34. The van der Waals surface area contributed by atoms with Gasteiger partial charge in [0.15, 0.2) is 0 Å². The highest BCUT2D eigenvalue weighted by molar-refractivity contribution is 5.64. The summed E-state index contributed by atoms with van der Waals surface area (Å²) in [4.78, 5) is 10.8. The maximum Gasteiger partial charge on any atom is 0.292 e.